The van der Waals surface area contributed by atoms with Gasteiger partial charge in [-0.25, -0.2) is 22.4 Å². The Balaban J connectivity index is 0.771. The van der Waals surface area contributed by atoms with E-state index in [2.05, 4.69) is 25.5 Å². The second-order valence-corrected chi connectivity index (χ2v) is 21.4. The van der Waals surface area contributed by atoms with Crippen LogP contribution in [0.15, 0.2) is 54.6 Å². The fourth-order valence-corrected chi connectivity index (χ4v) is 12.7. The number of ether oxygens (including phenoxy) is 3. The summed E-state index contributed by atoms with van der Waals surface area (Å²) in [7, 11) is 2.95. The van der Waals surface area contributed by atoms with Crippen LogP contribution in [-0.4, -0.2) is 116 Å². The van der Waals surface area contributed by atoms with Gasteiger partial charge in [-0.2, -0.15) is 5.10 Å². The Hall–Kier alpha value is -6.28. The van der Waals surface area contributed by atoms with Gasteiger partial charge in [-0.05, 0) is 113 Å². The third-order valence-corrected chi connectivity index (χ3v) is 17.0. The number of carbonyl (C=O) groups is 4. The Bertz CT molecular complexity index is 3050. The standard InChI is InChI=1S/C56H63ClF4N8O7/c1-31-44-42(76-56(31,35-7-5-4-6-8-35)30-63-36-11-9-34(10-12-36)54(72)74-3)28-40(59)48(57)47(44)46-37(52(62)71)13-14-41(49(46)60)75-26-25-67-20-15-32(16-21-67)29-68-22-17-33(18-23-68)45-39(58)27-38-51(50(45)61)66(2)65-53(38)69-24-19-43(70)64-55(69)73/h4-8,13-14,27-28,31-34,36,63H,9-12,15-26,29-30H2,1-3H3,(H2,62,71)(H,64,70,73). The van der Waals surface area contributed by atoms with E-state index in [1.165, 1.54) is 41.0 Å². The molecule has 76 heavy (non-hydrogen) atoms. The number of amides is 4. The van der Waals surface area contributed by atoms with Gasteiger partial charge in [-0.15, -0.1) is 0 Å². The van der Waals surface area contributed by atoms with E-state index in [-0.39, 0.29) is 105 Å². The number of primary amides is 1. The van der Waals surface area contributed by atoms with Gasteiger partial charge in [0.05, 0.1) is 29.0 Å². The molecule has 4 N–H and O–H groups in total. The first-order valence-electron chi connectivity index (χ1n) is 26.3. The molecule has 20 heteroatoms. The van der Waals surface area contributed by atoms with Crippen molar-refractivity contribution in [2.75, 3.05) is 71.0 Å². The maximum absolute atomic E-state index is 17.2. The first kappa shape index (κ1) is 53.1. The minimum Gasteiger partial charge on any atom is -0.489 e. The van der Waals surface area contributed by atoms with Crippen molar-refractivity contribution in [3.05, 3.63) is 105 Å². The number of methoxy groups -OCH3 is 1. The smallest absolute Gasteiger partial charge is 0.329 e. The fraction of sp³-hybridized carbons (Fsp3) is 0.482. The number of fused-ring (bicyclic) bond motifs is 2. The number of urea groups is 1. The molecule has 4 fully saturated rings. The molecule has 1 saturated carbocycles. The monoisotopic (exact) mass is 1070 g/mol. The van der Waals surface area contributed by atoms with Crippen molar-refractivity contribution in [1.82, 2.24) is 30.2 Å². The molecule has 1 aromatic heterocycles. The summed E-state index contributed by atoms with van der Waals surface area (Å²) in [6, 6.07) is 14.1. The molecule has 2 unspecified atom stereocenters. The van der Waals surface area contributed by atoms with Crippen LogP contribution < -0.4 is 30.7 Å². The topological polar surface area (TPSA) is 174 Å². The van der Waals surface area contributed by atoms with E-state index in [0.29, 0.717) is 56.8 Å². The number of rotatable bonds is 15. The molecule has 0 bridgehead atoms. The van der Waals surface area contributed by atoms with Crippen LogP contribution in [-0.2, 0) is 27.0 Å². The van der Waals surface area contributed by atoms with Gasteiger partial charge in [0.1, 0.15) is 29.5 Å². The molecule has 10 rings (SSSR count). The first-order chi connectivity index (χ1) is 36.6. The number of anilines is 1. The van der Waals surface area contributed by atoms with Gasteiger partial charge >= 0.3 is 12.0 Å². The van der Waals surface area contributed by atoms with Crippen LogP contribution in [0, 0.1) is 35.1 Å². The number of carbonyl (C=O) groups excluding carboxylic acids is 4. The van der Waals surface area contributed by atoms with Gasteiger partial charge in [0.2, 0.25) is 11.8 Å². The van der Waals surface area contributed by atoms with Crippen molar-refractivity contribution >= 4 is 52.1 Å². The van der Waals surface area contributed by atoms with E-state index in [0.717, 1.165) is 50.9 Å². The average Bonchev–Trinajstić information content (AvgIpc) is 3.99. The molecular formula is C56H63ClF4N8O7. The molecule has 5 aliphatic rings. The second kappa shape index (κ2) is 22.0. The Morgan fingerprint density at radius 1 is 0.882 bits per heavy atom. The Morgan fingerprint density at radius 2 is 1.59 bits per heavy atom. The highest BCUT2D eigenvalue weighted by Gasteiger charge is 2.50. The number of hydrogen-bond donors (Lipinski definition) is 3. The van der Waals surface area contributed by atoms with Crippen molar-refractivity contribution in [2.24, 2.45) is 24.6 Å². The normalized spacial score (nSPS) is 22.9. The van der Waals surface area contributed by atoms with Crippen LogP contribution in [0.3, 0.4) is 0 Å². The molecule has 15 nitrogen and oxygen atoms in total. The van der Waals surface area contributed by atoms with Crippen molar-refractivity contribution in [2.45, 2.75) is 88.2 Å². The summed E-state index contributed by atoms with van der Waals surface area (Å²) in [4.78, 5) is 55.4. The first-order valence-corrected chi connectivity index (χ1v) is 26.7. The third kappa shape index (κ3) is 10.1. The van der Waals surface area contributed by atoms with Gasteiger partial charge < -0.3 is 30.2 Å². The Labute approximate surface area is 443 Å². The van der Waals surface area contributed by atoms with Crippen molar-refractivity contribution in [1.29, 1.82) is 0 Å². The summed E-state index contributed by atoms with van der Waals surface area (Å²) in [5.74, 6) is -5.21. The number of halogens is 5. The van der Waals surface area contributed by atoms with Crippen LogP contribution >= 0.6 is 11.6 Å². The number of nitrogens with one attached hydrogen (secondary N) is 2. The largest absolute Gasteiger partial charge is 0.489 e. The molecule has 5 aromatic rings. The zero-order chi connectivity index (χ0) is 53.6. The summed E-state index contributed by atoms with van der Waals surface area (Å²) in [5.41, 5.74) is 5.65. The van der Waals surface area contributed by atoms with E-state index in [9.17, 15) is 19.2 Å². The average molecular weight is 1070 g/mol. The maximum Gasteiger partial charge on any atom is 0.329 e. The summed E-state index contributed by atoms with van der Waals surface area (Å²) in [6.07, 6.45) is 5.84. The van der Waals surface area contributed by atoms with E-state index in [1.807, 2.05) is 37.3 Å². The highest BCUT2D eigenvalue weighted by molar-refractivity contribution is 6.34. The Morgan fingerprint density at radius 3 is 2.28 bits per heavy atom. The lowest BCUT2D eigenvalue weighted by molar-refractivity contribution is -0.146. The predicted octanol–water partition coefficient (Wildman–Crippen LogP) is 8.68. The lowest BCUT2D eigenvalue weighted by atomic mass is 9.77. The summed E-state index contributed by atoms with van der Waals surface area (Å²) < 4.78 is 84.6. The fourth-order valence-electron chi connectivity index (χ4n) is 12.5. The number of likely N-dealkylation sites (tertiary alicyclic amines) is 2. The number of nitrogens with zero attached hydrogens (tertiary/aromatic N) is 5. The summed E-state index contributed by atoms with van der Waals surface area (Å²) in [6.45, 7) is 6.66. The van der Waals surface area contributed by atoms with Crippen molar-refractivity contribution in [3.8, 4) is 22.6 Å². The molecule has 2 atom stereocenters. The molecule has 404 valence electrons. The van der Waals surface area contributed by atoms with Gasteiger partial charge in [0.15, 0.2) is 28.8 Å². The SMILES string of the molecule is COC(=O)C1CCC(NCC2(c3ccccc3)Oc3cc(F)c(Cl)c(-c4c(C(N)=O)ccc(OCCN5CCC(CN6CCC(c7c(F)cc8c(N9CCC(=O)NC9=O)nn(C)c8c7F)CC6)CC5)c4F)c3C2C)CC1. The van der Waals surface area contributed by atoms with Crippen LogP contribution in [0.5, 0.6) is 11.5 Å². The maximum atomic E-state index is 17.2. The molecule has 5 heterocycles. The quantitative estimate of drug-likeness (QED) is 0.0677. The van der Waals surface area contributed by atoms with Crippen LogP contribution in [0.4, 0.5) is 28.2 Å². The van der Waals surface area contributed by atoms with E-state index in [1.54, 1.807) is 7.05 Å². The molecule has 4 aromatic carbocycles. The zero-order valence-corrected chi connectivity index (χ0v) is 43.6. The molecule has 4 aliphatic heterocycles. The number of aryl methyl sites for hydroxylation is 1. The second-order valence-electron chi connectivity index (χ2n) is 21.0. The van der Waals surface area contributed by atoms with Crippen molar-refractivity contribution in [3.63, 3.8) is 0 Å². The van der Waals surface area contributed by atoms with Gasteiger partial charge in [-0.3, -0.25) is 34.2 Å². The van der Waals surface area contributed by atoms with Crippen LogP contribution in [0.1, 0.15) is 104 Å². The number of piperidine rings is 2. The van der Waals surface area contributed by atoms with Gasteiger partial charge in [0, 0.05) is 79.9 Å². The Kier molecular flexibility index (Phi) is 15.4. The lowest BCUT2D eigenvalue weighted by Gasteiger charge is -2.38. The highest BCUT2D eigenvalue weighted by atomic mass is 35.5. The minimum atomic E-state index is -1.11. The molecule has 4 amide bonds. The van der Waals surface area contributed by atoms with Gasteiger partial charge in [0.25, 0.3) is 0 Å². The van der Waals surface area contributed by atoms with E-state index < -0.39 is 52.6 Å². The van der Waals surface area contributed by atoms with Crippen molar-refractivity contribution < 1.29 is 51.0 Å². The van der Waals surface area contributed by atoms with Crippen LogP contribution in [0.25, 0.3) is 22.0 Å². The number of nitrogens with two attached hydrogens (primary N) is 1. The third-order valence-electron chi connectivity index (χ3n) is 16.7. The number of aromatic nitrogens is 2. The molecule has 0 radical (unpaired) electrons. The number of imide groups is 1. The number of esters is 1. The van der Waals surface area contributed by atoms with Crippen LogP contribution in [0.2, 0.25) is 5.02 Å². The van der Waals surface area contributed by atoms with Gasteiger partial charge in [-0.1, -0.05) is 48.9 Å². The molecule has 3 saturated heterocycles. The summed E-state index contributed by atoms with van der Waals surface area (Å²) >= 11 is 6.84. The zero-order valence-electron chi connectivity index (χ0n) is 42.9. The minimum absolute atomic E-state index is 0.0312. The molecular weight excluding hydrogens is 1010 g/mol. The highest BCUT2D eigenvalue weighted by Crippen LogP contribution is 2.57. The summed E-state index contributed by atoms with van der Waals surface area (Å²) in [5, 5.41) is 10.0. The molecule has 0 spiro atoms. The predicted molar refractivity (Wildman–Crippen MR) is 277 cm³/mol. The van der Waals surface area contributed by atoms with E-state index >= 15 is 17.6 Å². The molecule has 1 aliphatic carbocycles. The number of benzene rings is 4. The lowest BCUT2D eigenvalue weighted by Crippen LogP contribution is -2.49. The van der Waals surface area contributed by atoms with E-state index in [4.69, 9.17) is 31.5 Å². The number of hydrogen-bond acceptors (Lipinski definition) is 11.